The summed E-state index contributed by atoms with van der Waals surface area (Å²) >= 11 is 0. The lowest BCUT2D eigenvalue weighted by molar-refractivity contribution is 0.525. The molecule has 0 bridgehead atoms. The zero-order valence-corrected chi connectivity index (χ0v) is 6.53. The summed E-state index contributed by atoms with van der Waals surface area (Å²) in [6.07, 6.45) is 1.41. The van der Waals surface area contributed by atoms with Crippen LogP contribution in [0.2, 0.25) is 0 Å². The number of nitrogens with zero attached hydrogens (tertiary/aromatic N) is 2. The molecule has 0 unspecified atom stereocenters. The van der Waals surface area contributed by atoms with E-state index < -0.39 is 0 Å². The van der Waals surface area contributed by atoms with Crippen LogP contribution in [0.15, 0.2) is 22.1 Å². The van der Waals surface area contributed by atoms with E-state index in [9.17, 15) is 0 Å². The van der Waals surface area contributed by atoms with Crippen molar-refractivity contribution in [1.29, 1.82) is 10.5 Å². The molecule has 0 spiro atoms. The van der Waals surface area contributed by atoms with E-state index in [1.54, 1.807) is 31.2 Å². The third kappa shape index (κ3) is 1.74. The molecule has 0 aliphatic heterocycles. The predicted octanol–water partition coefficient (Wildman–Crippen LogP) is 2.02. The van der Waals surface area contributed by atoms with Crippen LogP contribution in [0.4, 0.5) is 0 Å². The molecule has 58 valence electrons. The molecule has 0 amide bonds. The number of nitriles is 2. The van der Waals surface area contributed by atoms with E-state index in [-0.39, 0.29) is 5.57 Å². The second-order valence-electron chi connectivity index (χ2n) is 2.23. The first-order valence-corrected chi connectivity index (χ1v) is 3.34. The second kappa shape index (κ2) is 3.41. The topological polar surface area (TPSA) is 60.7 Å². The summed E-state index contributed by atoms with van der Waals surface area (Å²) in [6, 6.07) is 6.99. The summed E-state index contributed by atoms with van der Waals surface area (Å²) < 4.78 is 5.14. The van der Waals surface area contributed by atoms with Crippen LogP contribution in [0.1, 0.15) is 11.5 Å². The van der Waals surface area contributed by atoms with Gasteiger partial charge in [0.2, 0.25) is 0 Å². The summed E-state index contributed by atoms with van der Waals surface area (Å²) in [6.45, 7) is 1.80. The highest BCUT2D eigenvalue weighted by Crippen LogP contribution is 2.09. The number of furan rings is 1. The maximum Gasteiger partial charge on any atom is 0.133 e. The predicted molar refractivity (Wildman–Crippen MR) is 42.6 cm³/mol. The van der Waals surface area contributed by atoms with Crippen LogP contribution in [0.3, 0.4) is 0 Å². The van der Waals surface area contributed by atoms with Crippen LogP contribution >= 0.6 is 0 Å². The lowest BCUT2D eigenvalue weighted by Gasteiger charge is -1.83. The molecule has 0 atom stereocenters. The van der Waals surface area contributed by atoms with Crippen molar-refractivity contribution < 1.29 is 4.42 Å². The van der Waals surface area contributed by atoms with Crippen molar-refractivity contribution in [3.63, 3.8) is 0 Å². The zero-order valence-electron chi connectivity index (χ0n) is 6.53. The van der Waals surface area contributed by atoms with Crippen molar-refractivity contribution in [3.8, 4) is 12.1 Å². The van der Waals surface area contributed by atoms with Gasteiger partial charge >= 0.3 is 0 Å². The summed E-state index contributed by atoms with van der Waals surface area (Å²) in [5.41, 5.74) is 0.0457. The third-order valence-corrected chi connectivity index (χ3v) is 1.29. The van der Waals surface area contributed by atoms with Crippen molar-refractivity contribution in [3.05, 3.63) is 29.2 Å². The monoisotopic (exact) mass is 158 g/mol. The molecule has 12 heavy (non-hydrogen) atoms. The molecular weight excluding hydrogens is 152 g/mol. The Morgan fingerprint density at radius 1 is 1.42 bits per heavy atom. The van der Waals surface area contributed by atoms with Gasteiger partial charge in [-0.3, -0.25) is 0 Å². The Morgan fingerprint density at radius 3 is 2.50 bits per heavy atom. The minimum Gasteiger partial charge on any atom is -0.462 e. The number of hydrogen-bond donors (Lipinski definition) is 0. The van der Waals surface area contributed by atoms with Crippen molar-refractivity contribution in [1.82, 2.24) is 0 Å². The van der Waals surface area contributed by atoms with Crippen LogP contribution in [0.5, 0.6) is 0 Å². The molecule has 1 aromatic rings. The Bertz CT molecular complexity index is 371. The Balaban J connectivity index is 2.97. The lowest BCUT2D eigenvalue weighted by Crippen LogP contribution is -1.70. The van der Waals surface area contributed by atoms with E-state index in [4.69, 9.17) is 14.9 Å². The zero-order chi connectivity index (χ0) is 8.97. The fourth-order valence-corrected chi connectivity index (χ4v) is 0.763. The minimum absolute atomic E-state index is 0.0457. The van der Waals surface area contributed by atoms with Gasteiger partial charge in [-0.1, -0.05) is 0 Å². The number of hydrogen-bond acceptors (Lipinski definition) is 3. The molecule has 1 heterocycles. The van der Waals surface area contributed by atoms with Crippen LogP contribution < -0.4 is 0 Å². The SMILES string of the molecule is Cc1ccc(C=C(C#N)C#N)o1. The highest BCUT2D eigenvalue weighted by molar-refractivity contribution is 5.58. The van der Waals surface area contributed by atoms with Crippen LogP contribution in [-0.4, -0.2) is 0 Å². The molecule has 0 aliphatic rings. The quantitative estimate of drug-likeness (QED) is 0.587. The average Bonchev–Trinajstić information content (AvgIpc) is 2.47. The van der Waals surface area contributed by atoms with Gasteiger partial charge in [0.15, 0.2) is 0 Å². The van der Waals surface area contributed by atoms with Gasteiger partial charge in [0, 0.05) is 6.08 Å². The first-order chi connectivity index (χ1) is 5.76. The summed E-state index contributed by atoms with van der Waals surface area (Å²) in [4.78, 5) is 0. The van der Waals surface area contributed by atoms with Crippen LogP contribution in [-0.2, 0) is 0 Å². The number of aryl methyl sites for hydroxylation is 1. The summed E-state index contributed by atoms with van der Waals surface area (Å²) in [5.74, 6) is 1.29. The molecule has 3 heteroatoms. The first-order valence-electron chi connectivity index (χ1n) is 3.34. The highest BCUT2D eigenvalue weighted by Gasteiger charge is 1.97. The average molecular weight is 158 g/mol. The summed E-state index contributed by atoms with van der Waals surface area (Å²) in [5, 5.41) is 16.8. The Morgan fingerprint density at radius 2 is 2.08 bits per heavy atom. The van der Waals surface area contributed by atoms with Gasteiger partial charge in [-0.25, -0.2) is 0 Å². The smallest absolute Gasteiger partial charge is 0.133 e. The fourth-order valence-electron chi connectivity index (χ4n) is 0.763. The van der Waals surface area contributed by atoms with E-state index >= 15 is 0 Å². The van der Waals surface area contributed by atoms with Gasteiger partial charge in [0.25, 0.3) is 0 Å². The molecular formula is C9H6N2O. The van der Waals surface area contributed by atoms with Gasteiger partial charge in [-0.2, -0.15) is 10.5 Å². The van der Waals surface area contributed by atoms with Gasteiger partial charge in [-0.05, 0) is 19.1 Å². The molecule has 3 nitrogen and oxygen atoms in total. The molecule has 0 N–H and O–H groups in total. The molecule has 0 saturated carbocycles. The van der Waals surface area contributed by atoms with Gasteiger partial charge in [-0.15, -0.1) is 0 Å². The Hall–Kier alpha value is -2.00. The Kier molecular flexibility index (Phi) is 2.30. The van der Waals surface area contributed by atoms with Crippen molar-refractivity contribution in [2.45, 2.75) is 6.92 Å². The molecule has 0 fully saturated rings. The standard InChI is InChI=1S/C9H6N2O/c1-7-2-3-9(12-7)4-8(5-10)6-11/h2-4H,1H3. The third-order valence-electron chi connectivity index (χ3n) is 1.29. The maximum atomic E-state index is 8.41. The van der Waals surface area contributed by atoms with E-state index in [0.29, 0.717) is 5.76 Å². The largest absolute Gasteiger partial charge is 0.462 e. The molecule has 0 aliphatic carbocycles. The van der Waals surface area contributed by atoms with E-state index in [1.807, 2.05) is 0 Å². The maximum absolute atomic E-state index is 8.41. The fraction of sp³-hybridized carbons (Fsp3) is 0.111. The summed E-state index contributed by atoms with van der Waals surface area (Å²) in [7, 11) is 0. The van der Waals surface area contributed by atoms with Crippen LogP contribution in [0, 0.1) is 29.6 Å². The molecule has 0 saturated heterocycles. The lowest BCUT2D eigenvalue weighted by atomic mass is 10.3. The second-order valence-corrected chi connectivity index (χ2v) is 2.23. The van der Waals surface area contributed by atoms with E-state index in [0.717, 1.165) is 5.76 Å². The van der Waals surface area contributed by atoms with Gasteiger partial charge < -0.3 is 4.42 Å². The molecule has 1 rings (SSSR count). The van der Waals surface area contributed by atoms with Gasteiger partial charge in [0.05, 0.1) is 0 Å². The minimum atomic E-state index is 0.0457. The molecule has 0 radical (unpaired) electrons. The first kappa shape index (κ1) is 8.10. The Labute approximate surface area is 70.1 Å². The normalized spacial score (nSPS) is 8.25. The van der Waals surface area contributed by atoms with E-state index in [1.165, 1.54) is 6.08 Å². The van der Waals surface area contributed by atoms with Gasteiger partial charge in [0.1, 0.15) is 29.2 Å². The number of allylic oxidation sites excluding steroid dienone is 1. The van der Waals surface area contributed by atoms with Crippen molar-refractivity contribution >= 4 is 6.08 Å². The molecule has 0 aromatic carbocycles. The number of rotatable bonds is 1. The van der Waals surface area contributed by atoms with Crippen LogP contribution in [0.25, 0.3) is 6.08 Å². The van der Waals surface area contributed by atoms with Crippen molar-refractivity contribution in [2.24, 2.45) is 0 Å². The molecule has 1 aromatic heterocycles. The highest BCUT2D eigenvalue weighted by atomic mass is 16.3. The van der Waals surface area contributed by atoms with Crippen molar-refractivity contribution in [2.75, 3.05) is 0 Å². The van der Waals surface area contributed by atoms with E-state index in [2.05, 4.69) is 0 Å².